The number of amides is 1. The Morgan fingerprint density at radius 1 is 1.28 bits per heavy atom. The Balaban J connectivity index is 2.90. The minimum Gasteiger partial charge on any atom is -0.394 e. The fraction of sp³-hybridized carbons (Fsp3) is 0.417. The molecule has 0 saturated heterocycles. The molecule has 0 radical (unpaired) electrons. The van der Waals surface area contributed by atoms with Gasteiger partial charge in [-0.25, -0.2) is 4.39 Å². The molecule has 5 nitrogen and oxygen atoms in total. The van der Waals surface area contributed by atoms with Crippen LogP contribution < -0.4 is 5.32 Å². The van der Waals surface area contributed by atoms with Crippen molar-refractivity contribution >= 4 is 5.91 Å². The molecule has 0 aliphatic heterocycles. The summed E-state index contributed by atoms with van der Waals surface area (Å²) in [5.41, 5.74) is -1.06. The number of aryl methyl sites for hydroxylation is 1. The number of hydrogen-bond donors (Lipinski definition) is 4. The van der Waals surface area contributed by atoms with Gasteiger partial charge in [-0.3, -0.25) is 4.79 Å². The summed E-state index contributed by atoms with van der Waals surface area (Å²) in [5.74, 6) is -1.20. The lowest BCUT2D eigenvalue weighted by molar-refractivity contribution is 0.0375. The third-order valence-corrected chi connectivity index (χ3v) is 2.72. The van der Waals surface area contributed by atoms with E-state index in [4.69, 9.17) is 15.3 Å². The zero-order valence-electron chi connectivity index (χ0n) is 9.98. The van der Waals surface area contributed by atoms with Crippen LogP contribution in [0.4, 0.5) is 4.39 Å². The lowest BCUT2D eigenvalue weighted by Crippen LogP contribution is -2.57. The Labute approximate surface area is 104 Å². The summed E-state index contributed by atoms with van der Waals surface area (Å²) in [6, 6.07) is 3.93. The normalized spacial score (nSPS) is 11.4. The maximum atomic E-state index is 13.3. The van der Waals surface area contributed by atoms with Gasteiger partial charge >= 0.3 is 0 Å². The third-order valence-electron chi connectivity index (χ3n) is 2.72. The van der Waals surface area contributed by atoms with Gasteiger partial charge < -0.3 is 20.6 Å². The topological polar surface area (TPSA) is 89.8 Å². The van der Waals surface area contributed by atoms with Crippen molar-refractivity contribution in [1.82, 2.24) is 5.32 Å². The second kappa shape index (κ2) is 5.90. The lowest BCUT2D eigenvalue weighted by atomic mass is 10.0. The van der Waals surface area contributed by atoms with Crippen LogP contribution in [0.5, 0.6) is 0 Å². The molecule has 0 aliphatic carbocycles. The van der Waals surface area contributed by atoms with Gasteiger partial charge in [-0.1, -0.05) is 6.07 Å². The summed E-state index contributed by atoms with van der Waals surface area (Å²) in [4.78, 5) is 11.8. The molecule has 1 aromatic rings. The van der Waals surface area contributed by atoms with E-state index in [9.17, 15) is 9.18 Å². The highest BCUT2D eigenvalue weighted by atomic mass is 19.1. The monoisotopic (exact) mass is 257 g/mol. The van der Waals surface area contributed by atoms with E-state index >= 15 is 0 Å². The molecule has 0 saturated carbocycles. The molecule has 1 rings (SSSR count). The molecular weight excluding hydrogens is 241 g/mol. The van der Waals surface area contributed by atoms with Crippen molar-refractivity contribution in [2.24, 2.45) is 0 Å². The van der Waals surface area contributed by atoms with Crippen molar-refractivity contribution in [2.75, 3.05) is 19.8 Å². The van der Waals surface area contributed by atoms with Gasteiger partial charge in [-0.15, -0.1) is 0 Å². The minimum absolute atomic E-state index is 0.0535. The van der Waals surface area contributed by atoms with Crippen molar-refractivity contribution < 1.29 is 24.5 Å². The number of carbonyl (C=O) groups is 1. The van der Waals surface area contributed by atoms with E-state index in [-0.39, 0.29) is 5.56 Å². The molecule has 0 aromatic heterocycles. The first-order chi connectivity index (χ1) is 8.48. The predicted molar refractivity (Wildman–Crippen MR) is 62.6 cm³/mol. The number of aliphatic hydroxyl groups excluding tert-OH is 3. The zero-order chi connectivity index (χ0) is 13.8. The Kier molecular flexibility index (Phi) is 4.77. The van der Waals surface area contributed by atoms with Gasteiger partial charge in [0.15, 0.2) is 0 Å². The Bertz CT molecular complexity index is 424. The molecule has 0 aliphatic rings. The smallest absolute Gasteiger partial charge is 0.252 e. The first kappa shape index (κ1) is 14.6. The highest BCUT2D eigenvalue weighted by molar-refractivity contribution is 5.94. The van der Waals surface area contributed by atoms with E-state index in [2.05, 4.69) is 5.32 Å². The molecule has 0 unspecified atom stereocenters. The summed E-state index contributed by atoms with van der Waals surface area (Å²) in [7, 11) is 0. The average molecular weight is 257 g/mol. The van der Waals surface area contributed by atoms with Crippen molar-refractivity contribution in [3.8, 4) is 0 Å². The highest BCUT2D eigenvalue weighted by Gasteiger charge is 2.30. The van der Waals surface area contributed by atoms with Crippen molar-refractivity contribution in [3.63, 3.8) is 0 Å². The standard InChI is InChI=1S/C12H16FNO4/c1-8-2-3-9(4-10(8)13)11(18)14-12(5-15,6-16)7-17/h2-4,15-17H,5-7H2,1H3,(H,14,18). The Morgan fingerprint density at radius 3 is 2.28 bits per heavy atom. The molecule has 0 fully saturated rings. The number of nitrogens with one attached hydrogen (secondary N) is 1. The second-order valence-electron chi connectivity index (χ2n) is 4.17. The summed E-state index contributed by atoms with van der Waals surface area (Å²) < 4.78 is 13.3. The predicted octanol–water partition coefficient (Wildman–Crippen LogP) is -0.420. The van der Waals surface area contributed by atoms with Gasteiger partial charge in [-0.05, 0) is 24.6 Å². The third kappa shape index (κ3) is 3.04. The number of halogens is 1. The minimum atomic E-state index is -1.52. The van der Waals surface area contributed by atoms with Crippen LogP contribution in [-0.4, -0.2) is 46.6 Å². The van der Waals surface area contributed by atoms with E-state index in [1.807, 2.05) is 0 Å². The molecule has 6 heteroatoms. The Morgan fingerprint density at radius 2 is 1.83 bits per heavy atom. The summed E-state index contributed by atoms with van der Waals surface area (Å²) in [6.45, 7) is -0.309. The van der Waals surface area contributed by atoms with Crippen LogP contribution in [0.3, 0.4) is 0 Å². The van der Waals surface area contributed by atoms with E-state index < -0.39 is 37.1 Å². The van der Waals surface area contributed by atoms with E-state index in [0.29, 0.717) is 5.56 Å². The quantitative estimate of drug-likeness (QED) is 0.577. The first-order valence-corrected chi connectivity index (χ1v) is 5.39. The molecule has 0 bridgehead atoms. The molecule has 0 heterocycles. The van der Waals surface area contributed by atoms with Gasteiger partial charge in [0.05, 0.1) is 19.8 Å². The Hall–Kier alpha value is -1.50. The maximum Gasteiger partial charge on any atom is 0.252 e. The van der Waals surface area contributed by atoms with Crippen molar-refractivity contribution in [3.05, 3.63) is 35.1 Å². The summed E-state index contributed by atoms with van der Waals surface area (Å²) >= 11 is 0. The van der Waals surface area contributed by atoms with Crippen molar-refractivity contribution in [2.45, 2.75) is 12.5 Å². The molecule has 4 N–H and O–H groups in total. The van der Waals surface area contributed by atoms with Crippen LogP contribution in [0.15, 0.2) is 18.2 Å². The fourth-order valence-corrected chi connectivity index (χ4v) is 1.32. The molecule has 0 atom stereocenters. The fourth-order valence-electron chi connectivity index (χ4n) is 1.32. The number of hydrogen-bond acceptors (Lipinski definition) is 4. The van der Waals surface area contributed by atoms with E-state index in [0.717, 1.165) is 6.07 Å². The number of rotatable bonds is 5. The van der Waals surface area contributed by atoms with Gasteiger partial charge in [0.1, 0.15) is 11.4 Å². The van der Waals surface area contributed by atoms with Crippen LogP contribution in [0.2, 0.25) is 0 Å². The van der Waals surface area contributed by atoms with Crippen LogP contribution in [0.1, 0.15) is 15.9 Å². The second-order valence-corrected chi connectivity index (χ2v) is 4.17. The molecular formula is C12H16FNO4. The molecule has 1 amide bonds. The molecule has 18 heavy (non-hydrogen) atoms. The largest absolute Gasteiger partial charge is 0.394 e. The van der Waals surface area contributed by atoms with Gasteiger partial charge in [0.2, 0.25) is 0 Å². The number of aliphatic hydroxyl groups is 3. The lowest BCUT2D eigenvalue weighted by Gasteiger charge is -2.28. The van der Waals surface area contributed by atoms with Crippen LogP contribution in [0, 0.1) is 12.7 Å². The van der Waals surface area contributed by atoms with Crippen LogP contribution in [0.25, 0.3) is 0 Å². The summed E-state index contributed by atoms with van der Waals surface area (Å²) in [6.07, 6.45) is 0. The molecule has 100 valence electrons. The van der Waals surface area contributed by atoms with Gasteiger partial charge in [0.25, 0.3) is 5.91 Å². The van der Waals surface area contributed by atoms with E-state index in [1.165, 1.54) is 12.1 Å². The average Bonchev–Trinajstić information content (AvgIpc) is 2.39. The van der Waals surface area contributed by atoms with Gasteiger partial charge in [0, 0.05) is 5.56 Å². The number of benzene rings is 1. The maximum absolute atomic E-state index is 13.3. The zero-order valence-corrected chi connectivity index (χ0v) is 9.98. The first-order valence-electron chi connectivity index (χ1n) is 5.39. The SMILES string of the molecule is Cc1ccc(C(=O)NC(CO)(CO)CO)cc1F. The summed E-state index contributed by atoms with van der Waals surface area (Å²) in [5, 5.41) is 29.5. The number of carbonyl (C=O) groups excluding carboxylic acids is 1. The van der Waals surface area contributed by atoms with Crippen molar-refractivity contribution in [1.29, 1.82) is 0 Å². The molecule has 0 spiro atoms. The van der Waals surface area contributed by atoms with Crippen LogP contribution >= 0.6 is 0 Å². The van der Waals surface area contributed by atoms with Crippen LogP contribution in [-0.2, 0) is 0 Å². The van der Waals surface area contributed by atoms with Gasteiger partial charge in [-0.2, -0.15) is 0 Å². The highest BCUT2D eigenvalue weighted by Crippen LogP contribution is 2.11. The molecule has 1 aromatic carbocycles. The van der Waals surface area contributed by atoms with E-state index in [1.54, 1.807) is 6.92 Å².